The molecule has 0 bridgehead atoms. The van der Waals surface area contributed by atoms with Crippen LogP contribution in [0.25, 0.3) is 0 Å². The first-order valence-corrected chi connectivity index (χ1v) is 5.43. The molecule has 76 valence electrons. The standard InChI is InChI=1S/C11H23N2/c1-4-5-6-7-10-13(3)11-8-9-12(13)2/h8,11H,4-7,9-10H2,1-3H3/q+1. The molecule has 0 aromatic carbocycles. The van der Waals surface area contributed by atoms with Gasteiger partial charge in [-0.3, -0.25) is 0 Å². The van der Waals surface area contributed by atoms with Crippen molar-refractivity contribution in [3.8, 4) is 0 Å². The van der Waals surface area contributed by atoms with Crippen LogP contribution in [0, 0.1) is 0 Å². The van der Waals surface area contributed by atoms with E-state index in [0.29, 0.717) is 0 Å². The van der Waals surface area contributed by atoms with Crippen LogP contribution >= 0.6 is 0 Å². The van der Waals surface area contributed by atoms with Crippen LogP contribution in [-0.4, -0.2) is 36.8 Å². The van der Waals surface area contributed by atoms with Crippen LogP contribution in [0.4, 0.5) is 0 Å². The summed E-state index contributed by atoms with van der Waals surface area (Å²) in [6, 6.07) is 0. The third-order valence-corrected chi connectivity index (χ3v) is 3.04. The highest BCUT2D eigenvalue weighted by atomic mass is 15.7. The van der Waals surface area contributed by atoms with Gasteiger partial charge in [-0.05, 0) is 18.9 Å². The molecular weight excluding hydrogens is 160 g/mol. The van der Waals surface area contributed by atoms with Crippen LogP contribution in [-0.2, 0) is 0 Å². The molecule has 1 atom stereocenters. The maximum Gasteiger partial charge on any atom is 0.113 e. The Kier molecular flexibility index (Phi) is 3.94. The Morgan fingerprint density at radius 1 is 1.31 bits per heavy atom. The minimum Gasteiger partial charge on any atom is -0.220 e. The van der Waals surface area contributed by atoms with Gasteiger partial charge in [0.25, 0.3) is 0 Å². The lowest BCUT2D eigenvalue weighted by atomic mass is 10.2. The molecule has 0 spiro atoms. The summed E-state index contributed by atoms with van der Waals surface area (Å²) in [5.41, 5.74) is 0. The number of rotatable bonds is 5. The van der Waals surface area contributed by atoms with Crippen molar-refractivity contribution in [3.05, 3.63) is 12.3 Å². The quantitative estimate of drug-likeness (QED) is 0.467. The summed E-state index contributed by atoms with van der Waals surface area (Å²) in [6.45, 7) is 4.62. The van der Waals surface area contributed by atoms with Crippen molar-refractivity contribution < 1.29 is 4.59 Å². The molecule has 1 rings (SSSR count). The molecule has 0 N–H and O–H groups in total. The molecule has 13 heavy (non-hydrogen) atoms. The molecule has 1 unspecified atom stereocenters. The molecule has 2 heteroatoms. The highest BCUT2D eigenvalue weighted by Crippen LogP contribution is 2.16. The predicted molar refractivity (Wildman–Crippen MR) is 57.0 cm³/mol. The molecule has 1 aliphatic rings. The second kappa shape index (κ2) is 4.77. The maximum absolute atomic E-state index is 2.38. The zero-order valence-electron chi connectivity index (χ0n) is 9.29. The van der Waals surface area contributed by atoms with Crippen LogP contribution in [0.5, 0.6) is 0 Å². The lowest BCUT2D eigenvalue weighted by molar-refractivity contribution is -0.966. The van der Waals surface area contributed by atoms with Crippen molar-refractivity contribution >= 4 is 0 Å². The molecule has 0 fully saturated rings. The Morgan fingerprint density at radius 3 is 2.62 bits per heavy atom. The monoisotopic (exact) mass is 183 g/mol. The predicted octanol–water partition coefficient (Wildman–Crippen LogP) is 2.39. The third kappa shape index (κ3) is 2.82. The van der Waals surface area contributed by atoms with Gasteiger partial charge in [0.1, 0.15) is 12.7 Å². The summed E-state index contributed by atoms with van der Waals surface area (Å²) in [5, 5.41) is 2.38. The van der Waals surface area contributed by atoms with E-state index in [-0.39, 0.29) is 0 Å². The van der Waals surface area contributed by atoms with Gasteiger partial charge in [0.2, 0.25) is 0 Å². The van der Waals surface area contributed by atoms with Gasteiger partial charge in [0, 0.05) is 7.05 Å². The fourth-order valence-electron chi connectivity index (χ4n) is 1.83. The van der Waals surface area contributed by atoms with E-state index < -0.39 is 0 Å². The topological polar surface area (TPSA) is 3.24 Å². The number of likely N-dealkylation sites (N-methyl/N-ethyl adjacent to an activating group) is 1. The molecular formula is C11H23N2+. The summed E-state index contributed by atoms with van der Waals surface area (Å²) in [7, 11) is 4.48. The number of nitrogens with zero attached hydrogens (tertiary/aromatic N) is 2. The summed E-state index contributed by atoms with van der Waals surface area (Å²) in [6.07, 6.45) is 10.0. The van der Waals surface area contributed by atoms with Crippen molar-refractivity contribution in [2.45, 2.75) is 32.6 Å². The van der Waals surface area contributed by atoms with E-state index in [0.717, 1.165) is 11.1 Å². The lowest BCUT2D eigenvalue weighted by Gasteiger charge is -2.33. The molecule has 0 aliphatic carbocycles. The van der Waals surface area contributed by atoms with Gasteiger partial charge >= 0.3 is 0 Å². The smallest absolute Gasteiger partial charge is 0.113 e. The first-order valence-electron chi connectivity index (χ1n) is 5.43. The van der Waals surface area contributed by atoms with Gasteiger partial charge in [0.15, 0.2) is 0 Å². The zero-order chi connectivity index (χ0) is 9.73. The summed E-state index contributed by atoms with van der Waals surface area (Å²) < 4.78 is 1.00. The van der Waals surface area contributed by atoms with Crippen molar-refractivity contribution in [2.75, 3.05) is 27.2 Å². The maximum atomic E-state index is 2.38. The second-order valence-corrected chi connectivity index (χ2v) is 4.22. The second-order valence-electron chi connectivity index (χ2n) is 4.22. The van der Waals surface area contributed by atoms with Crippen LogP contribution in [0.1, 0.15) is 32.6 Å². The third-order valence-electron chi connectivity index (χ3n) is 3.04. The summed E-state index contributed by atoms with van der Waals surface area (Å²) >= 11 is 0. The fraction of sp³-hybridized carbons (Fsp3) is 0.818. The molecule has 0 radical (unpaired) electrons. The zero-order valence-corrected chi connectivity index (χ0v) is 9.29. The average molecular weight is 183 g/mol. The fourth-order valence-corrected chi connectivity index (χ4v) is 1.83. The molecule has 1 heterocycles. The largest absolute Gasteiger partial charge is 0.220 e. The first-order chi connectivity index (χ1) is 6.19. The van der Waals surface area contributed by atoms with E-state index >= 15 is 0 Å². The molecule has 0 amide bonds. The van der Waals surface area contributed by atoms with E-state index in [1.807, 2.05) is 0 Å². The molecule has 0 aromatic heterocycles. The Balaban J connectivity index is 2.22. The summed E-state index contributed by atoms with van der Waals surface area (Å²) in [5.74, 6) is 0. The van der Waals surface area contributed by atoms with Gasteiger partial charge in [0.05, 0.1) is 13.6 Å². The van der Waals surface area contributed by atoms with Crippen LogP contribution in [0.15, 0.2) is 12.3 Å². The number of hydrogen-bond acceptors (Lipinski definition) is 1. The van der Waals surface area contributed by atoms with Gasteiger partial charge < -0.3 is 0 Å². The average Bonchev–Trinajstić information content (AvgIpc) is 2.42. The number of hydrogen-bond donors (Lipinski definition) is 0. The van der Waals surface area contributed by atoms with E-state index in [9.17, 15) is 0 Å². The van der Waals surface area contributed by atoms with E-state index in [2.05, 4.69) is 38.3 Å². The van der Waals surface area contributed by atoms with Crippen molar-refractivity contribution in [2.24, 2.45) is 0 Å². The SMILES string of the molecule is CCCCCC[N+]1(C)C=CCN1C. The Hall–Kier alpha value is -0.340. The highest BCUT2D eigenvalue weighted by Gasteiger charge is 2.27. The van der Waals surface area contributed by atoms with Gasteiger partial charge in [-0.15, -0.1) is 5.01 Å². The Bertz CT molecular complexity index is 177. The number of quaternary nitrogens is 1. The molecule has 0 saturated carbocycles. The molecule has 0 saturated heterocycles. The normalized spacial score (nSPS) is 28.5. The van der Waals surface area contributed by atoms with E-state index in [1.165, 1.54) is 32.2 Å². The molecule has 0 aromatic rings. The van der Waals surface area contributed by atoms with Crippen molar-refractivity contribution in [3.63, 3.8) is 0 Å². The highest BCUT2D eigenvalue weighted by molar-refractivity contribution is 4.81. The van der Waals surface area contributed by atoms with Crippen LogP contribution in [0.3, 0.4) is 0 Å². The van der Waals surface area contributed by atoms with Gasteiger partial charge in [-0.25, -0.2) is 4.59 Å². The summed E-state index contributed by atoms with van der Waals surface area (Å²) in [4.78, 5) is 0. The number of unbranched alkanes of at least 4 members (excludes halogenated alkanes) is 3. The first kappa shape index (κ1) is 10.7. The minimum atomic E-state index is 1.00. The van der Waals surface area contributed by atoms with Gasteiger partial charge in [-0.2, -0.15) is 0 Å². The van der Waals surface area contributed by atoms with E-state index in [4.69, 9.17) is 0 Å². The molecule has 2 nitrogen and oxygen atoms in total. The molecule has 1 aliphatic heterocycles. The van der Waals surface area contributed by atoms with Crippen LogP contribution < -0.4 is 0 Å². The van der Waals surface area contributed by atoms with Crippen molar-refractivity contribution in [1.29, 1.82) is 0 Å². The Labute approximate surface area is 82.4 Å². The van der Waals surface area contributed by atoms with Gasteiger partial charge in [-0.1, -0.05) is 19.8 Å². The Morgan fingerprint density at radius 2 is 2.08 bits per heavy atom. The lowest BCUT2D eigenvalue weighted by Crippen LogP contribution is -2.48. The van der Waals surface area contributed by atoms with Crippen molar-refractivity contribution in [1.82, 2.24) is 5.01 Å². The van der Waals surface area contributed by atoms with Crippen LogP contribution in [0.2, 0.25) is 0 Å². The minimum absolute atomic E-state index is 1.00. The van der Waals surface area contributed by atoms with E-state index in [1.54, 1.807) is 0 Å².